The minimum Gasteiger partial charge on any atom is -0.481 e. The van der Waals surface area contributed by atoms with E-state index in [1.165, 1.54) is 24.3 Å². The second kappa shape index (κ2) is 7.35. The number of hydrogen-bond acceptors (Lipinski definition) is 3. The van der Waals surface area contributed by atoms with Crippen LogP contribution in [0.2, 0.25) is 5.02 Å². The van der Waals surface area contributed by atoms with Crippen LogP contribution in [0.25, 0.3) is 10.8 Å². The molecule has 5 nitrogen and oxygen atoms in total. The number of nitrogens with zero attached hydrogens (tertiary/aromatic N) is 1. The number of anilines is 1. The molecule has 1 N–H and O–H groups in total. The lowest BCUT2D eigenvalue weighted by Crippen LogP contribution is -2.33. The monoisotopic (exact) mass is 389 g/mol. The molecule has 0 aliphatic heterocycles. The second-order valence-corrected chi connectivity index (χ2v) is 8.01. The Bertz CT molecular complexity index is 1050. The molecule has 0 aliphatic carbocycles. The highest BCUT2D eigenvalue weighted by Crippen LogP contribution is 2.28. The minimum atomic E-state index is -3.92. The van der Waals surface area contributed by atoms with E-state index in [2.05, 4.69) is 0 Å². The fourth-order valence-electron chi connectivity index (χ4n) is 2.65. The fraction of sp³-hybridized carbons (Fsp3) is 0.105. The van der Waals surface area contributed by atoms with Crippen LogP contribution in [0.3, 0.4) is 0 Å². The van der Waals surface area contributed by atoms with Crippen LogP contribution in [0.1, 0.15) is 6.42 Å². The van der Waals surface area contributed by atoms with Gasteiger partial charge in [-0.05, 0) is 47.2 Å². The molecular formula is C19H16ClNO4S. The van der Waals surface area contributed by atoms with Crippen LogP contribution in [0.4, 0.5) is 5.69 Å². The summed E-state index contributed by atoms with van der Waals surface area (Å²) in [5.41, 5.74) is 0.417. The predicted octanol–water partition coefficient (Wildman–Crippen LogP) is 4.16. The Kier molecular flexibility index (Phi) is 5.15. The number of halogens is 1. The molecular weight excluding hydrogens is 374 g/mol. The summed E-state index contributed by atoms with van der Waals surface area (Å²) in [5, 5.41) is 11.3. The van der Waals surface area contributed by atoms with Gasteiger partial charge in [-0.2, -0.15) is 0 Å². The summed E-state index contributed by atoms with van der Waals surface area (Å²) >= 11 is 5.84. The van der Waals surface area contributed by atoms with Gasteiger partial charge in [-0.25, -0.2) is 8.42 Å². The van der Waals surface area contributed by atoms with Crippen molar-refractivity contribution in [2.24, 2.45) is 0 Å². The van der Waals surface area contributed by atoms with Crippen molar-refractivity contribution in [2.75, 3.05) is 10.8 Å². The van der Waals surface area contributed by atoms with Crippen molar-refractivity contribution in [1.82, 2.24) is 0 Å². The zero-order valence-electron chi connectivity index (χ0n) is 13.7. The summed E-state index contributed by atoms with van der Waals surface area (Å²) in [4.78, 5) is 11.1. The number of carboxylic acid groups (broad SMARTS) is 1. The van der Waals surface area contributed by atoms with Gasteiger partial charge in [0, 0.05) is 11.6 Å². The van der Waals surface area contributed by atoms with E-state index >= 15 is 0 Å². The predicted molar refractivity (Wildman–Crippen MR) is 102 cm³/mol. The van der Waals surface area contributed by atoms with E-state index in [1.807, 2.05) is 30.3 Å². The van der Waals surface area contributed by atoms with Crippen LogP contribution < -0.4 is 4.31 Å². The molecule has 3 aromatic carbocycles. The lowest BCUT2D eigenvalue weighted by atomic mass is 10.1. The van der Waals surface area contributed by atoms with E-state index < -0.39 is 16.0 Å². The average Bonchev–Trinajstić information content (AvgIpc) is 2.61. The zero-order chi connectivity index (χ0) is 18.7. The van der Waals surface area contributed by atoms with Crippen LogP contribution in [-0.4, -0.2) is 26.0 Å². The molecule has 0 spiro atoms. The number of sulfonamides is 1. The van der Waals surface area contributed by atoms with Crippen molar-refractivity contribution in [3.8, 4) is 0 Å². The lowest BCUT2D eigenvalue weighted by Gasteiger charge is -2.24. The summed E-state index contributed by atoms with van der Waals surface area (Å²) < 4.78 is 27.3. The maximum absolute atomic E-state index is 13.1. The van der Waals surface area contributed by atoms with Gasteiger partial charge in [0.2, 0.25) is 0 Å². The molecule has 0 saturated carbocycles. The zero-order valence-corrected chi connectivity index (χ0v) is 15.2. The number of fused-ring (bicyclic) bond motifs is 1. The van der Waals surface area contributed by atoms with E-state index in [0.29, 0.717) is 10.7 Å². The summed E-state index contributed by atoms with van der Waals surface area (Å²) in [5.74, 6) is -1.07. The Balaban J connectivity index is 2.08. The maximum Gasteiger partial charge on any atom is 0.305 e. The van der Waals surface area contributed by atoms with Gasteiger partial charge in [-0.1, -0.05) is 41.9 Å². The summed E-state index contributed by atoms with van der Waals surface area (Å²) in [6.07, 6.45) is -0.306. The van der Waals surface area contributed by atoms with Crippen molar-refractivity contribution in [2.45, 2.75) is 11.3 Å². The highest BCUT2D eigenvalue weighted by atomic mass is 35.5. The molecule has 0 fully saturated rings. The highest BCUT2D eigenvalue weighted by Gasteiger charge is 2.25. The third-order valence-corrected chi connectivity index (χ3v) is 6.04. The Morgan fingerprint density at radius 3 is 2.27 bits per heavy atom. The van der Waals surface area contributed by atoms with Gasteiger partial charge in [0.05, 0.1) is 17.0 Å². The van der Waals surface area contributed by atoms with Gasteiger partial charge in [0.15, 0.2) is 0 Å². The summed E-state index contributed by atoms with van der Waals surface area (Å²) in [6, 6.07) is 18.6. The van der Waals surface area contributed by atoms with Gasteiger partial charge >= 0.3 is 5.97 Å². The first kappa shape index (κ1) is 18.2. The molecule has 0 bridgehead atoms. The normalized spacial score (nSPS) is 11.4. The van der Waals surface area contributed by atoms with E-state index in [9.17, 15) is 13.2 Å². The first-order chi connectivity index (χ1) is 12.4. The largest absolute Gasteiger partial charge is 0.481 e. The van der Waals surface area contributed by atoms with Crippen LogP contribution in [0.5, 0.6) is 0 Å². The summed E-state index contributed by atoms with van der Waals surface area (Å²) in [7, 11) is -3.92. The van der Waals surface area contributed by atoms with Crippen molar-refractivity contribution < 1.29 is 18.3 Å². The molecule has 0 aliphatic rings. The Morgan fingerprint density at radius 2 is 1.62 bits per heavy atom. The number of carboxylic acids is 1. The molecule has 0 amide bonds. The number of benzene rings is 3. The maximum atomic E-state index is 13.1. The third kappa shape index (κ3) is 3.81. The lowest BCUT2D eigenvalue weighted by molar-refractivity contribution is -0.136. The van der Waals surface area contributed by atoms with E-state index in [4.69, 9.17) is 16.7 Å². The molecule has 0 atom stereocenters. The van der Waals surface area contributed by atoms with E-state index in [1.54, 1.807) is 12.1 Å². The number of carbonyl (C=O) groups is 1. The molecule has 0 radical (unpaired) electrons. The molecule has 0 saturated heterocycles. The molecule has 26 heavy (non-hydrogen) atoms. The average molecular weight is 390 g/mol. The number of hydrogen-bond donors (Lipinski definition) is 1. The SMILES string of the molecule is O=C(O)CCN(c1ccc2ccccc2c1)S(=O)(=O)c1ccc(Cl)cc1. The Hall–Kier alpha value is -2.57. The summed E-state index contributed by atoms with van der Waals surface area (Å²) in [6.45, 7) is -0.168. The molecule has 134 valence electrons. The number of aliphatic carboxylic acids is 1. The van der Waals surface area contributed by atoms with Crippen molar-refractivity contribution in [1.29, 1.82) is 0 Å². The smallest absolute Gasteiger partial charge is 0.305 e. The van der Waals surface area contributed by atoms with Crippen LogP contribution in [0.15, 0.2) is 71.6 Å². The first-order valence-electron chi connectivity index (χ1n) is 7.87. The number of rotatable bonds is 6. The minimum absolute atomic E-state index is 0.0560. The van der Waals surface area contributed by atoms with Crippen LogP contribution in [-0.2, 0) is 14.8 Å². The van der Waals surface area contributed by atoms with Crippen molar-refractivity contribution >= 4 is 44.1 Å². The fourth-order valence-corrected chi connectivity index (χ4v) is 4.23. The molecule has 3 aromatic rings. The van der Waals surface area contributed by atoms with Gasteiger partial charge in [-0.3, -0.25) is 9.10 Å². The topological polar surface area (TPSA) is 74.7 Å². The molecule has 0 heterocycles. The Labute approximate surface area is 156 Å². The van der Waals surface area contributed by atoms with E-state index in [-0.39, 0.29) is 17.9 Å². The highest BCUT2D eigenvalue weighted by molar-refractivity contribution is 7.92. The molecule has 0 unspecified atom stereocenters. The van der Waals surface area contributed by atoms with Gasteiger partial charge in [0.25, 0.3) is 10.0 Å². The standard InChI is InChI=1S/C19H16ClNO4S/c20-16-6-9-18(10-7-16)26(24,25)21(12-11-19(22)23)17-8-5-14-3-1-2-4-15(14)13-17/h1-10,13H,11-12H2,(H,22,23). The van der Waals surface area contributed by atoms with Gasteiger partial charge < -0.3 is 5.11 Å². The molecule has 7 heteroatoms. The van der Waals surface area contributed by atoms with Crippen molar-refractivity contribution in [3.63, 3.8) is 0 Å². The molecule has 0 aromatic heterocycles. The van der Waals surface area contributed by atoms with Gasteiger partial charge in [0.1, 0.15) is 0 Å². The molecule has 3 rings (SSSR count). The van der Waals surface area contributed by atoms with Crippen LogP contribution in [0, 0.1) is 0 Å². The van der Waals surface area contributed by atoms with Crippen LogP contribution >= 0.6 is 11.6 Å². The third-order valence-electron chi connectivity index (χ3n) is 3.95. The second-order valence-electron chi connectivity index (χ2n) is 5.71. The first-order valence-corrected chi connectivity index (χ1v) is 9.68. The van der Waals surface area contributed by atoms with Crippen molar-refractivity contribution in [3.05, 3.63) is 71.8 Å². The van der Waals surface area contributed by atoms with Gasteiger partial charge in [-0.15, -0.1) is 0 Å². The Morgan fingerprint density at radius 1 is 0.962 bits per heavy atom. The quantitative estimate of drug-likeness (QED) is 0.686. The van der Waals surface area contributed by atoms with E-state index in [0.717, 1.165) is 15.1 Å².